The van der Waals surface area contributed by atoms with Crippen LogP contribution in [0.5, 0.6) is 0 Å². The third-order valence-corrected chi connectivity index (χ3v) is 4.61. The van der Waals surface area contributed by atoms with Crippen molar-refractivity contribution in [2.75, 3.05) is 11.1 Å². The first-order valence-corrected chi connectivity index (χ1v) is 9.27. The molecule has 0 aromatic heterocycles. The van der Waals surface area contributed by atoms with E-state index in [2.05, 4.69) is 15.5 Å². The molecule has 10 heteroatoms. The molecule has 0 aliphatic carbocycles. The van der Waals surface area contributed by atoms with Gasteiger partial charge in [-0.2, -0.15) is 13.5 Å². The number of hydrogen-bond acceptors (Lipinski definition) is 6. The maximum atomic E-state index is 11.3. The average Bonchev–Trinajstić information content (AvgIpc) is 2.61. The molecule has 0 saturated carbocycles. The van der Waals surface area contributed by atoms with Crippen LogP contribution in [0.25, 0.3) is 10.8 Å². The van der Waals surface area contributed by atoms with Gasteiger partial charge < -0.3 is 11.1 Å². The minimum absolute atomic E-state index is 0. The van der Waals surface area contributed by atoms with E-state index in [-0.39, 0.29) is 40.4 Å². The molecule has 3 aromatic rings. The number of carbonyl (C=O) groups excluding carboxylic acids is 1. The maximum absolute atomic E-state index is 11.3. The van der Waals surface area contributed by atoms with Crippen LogP contribution in [0.15, 0.2) is 69.7 Å². The van der Waals surface area contributed by atoms with Crippen molar-refractivity contribution in [2.24, 2.45) is 10.2 Å². The molecular weight excluding hydrogens is 391 g/mol. The smallest absolute Gasteiger partial charge is 0.398 e. The number of rotatable bonds is 4. The number of nitrogens with two attached hydrogens (primary N) is 1. The largest absolute Gasteiger partial charge is 1.00 e. The molecule has 0 saturated heterocycles. The zero-order chi connectivity index (χ0) is 19.6. The van der Waals surface area contributed by atoms with Crippen LogP contribution in [0.4, 0.5) is 22.7 Å². The van der Waals surface area contributed by atoms with Crippen molar-refractivity contribution in [3.8, 4) is 0 Å². The average molecular weight is 407 g/mol. The Morgan fingerprint density at radius 3 is 2.29 bits per heavy atom. The van der Waals surface area contributed by atoms with Gasteiger partial charge in [0.2, 0.25) is 5.91 Å². The Kier molecular flexibility index (Phi) is 6.91. The molecular formula is C18H16N4NaO4S+. The second-order valence-corrected chi connectivity index (χ2v) is 7.21. The fourth-order valence-corrected chi connectivity index (χ4v) is 3.01. The third-order valence-electron chi connectivity index (χ3n) is 3.76. The van der Waals surface area contributed by atoms with Gasteiger partial charge in [-0.25, -0.2) is 0 Å². The molecule has 8 nitrogen and oxygen atoms in total. The maximum Gasteiger partial charge on any atom is 1.00 e. The van der Waals surface area contributed by atoms with Crippen LogP contribution in [0.3, 0.4) is 0 Å². The zero-order valence-electron chi connectivity index (χ0n) is 15.2. The molecule has 4 N–H and O–H groups in total. The standard InChI is InChI=1S/C18H16N4O4S.Na/c1-11(23)20-12-2-4-13(5-3-12)21-22-18-9-8-17(19)16-10-14(27(24,25)26)6-7-15(16)18;/h2-10H,19H2,1H3,(H,20,23)(H,24,25,26);/q;+1. The van der Waals surface area contributed by atoms with E-state index in [0.717, 1.165) is 0 Å². The number of nitrogen functional groups attached to an aromatic ring is 1. The van der Waals surface area contributed by atoms with Crippen molar-refractivity contribution in [2.45, 2.75) is 11.8 Å². The molecule has 3 aromatic carbocycles. The van der Waals surface area contributed by atoms with Crippen LogP contribution in [-0.4, -0.2) is 18.9 Å². The van der Waals surface area contributed by atoms with Gasteiger partial charge in [0.15, 0.2) is 0 Å². The van der Waals surface area contributed by atoms with Crippen LogP contribution in [-0.2, 0) is 14.9 Å². The predicted octanol–water partition coefficient (Wildman–Crippen LogP) is 1.05. The molecule has 0 spiro atoms. The Hall–Kier alpha value is -2.30. The van der Waals surface area contributed by atoms with Crippen LogP contribution < -0.4 is 40.6 Å². The summed E-state index contributed by atoms with van der Waals surface area (Å²) in [7, 11) is -4.33. The van der Waals surface area contributed by atoms with Gasteiger partial charge in [0.1, 0.15) is 0 Å². The van der Waals surface area contributed by atoms with Crippen LogP contribution in [0, 0.1) is 0 Å². The quantitative estimate of drug-likeness (QED) is 0.257. The van der Waals surface area contributed by atoms with Gasteiger partial charge in [0.25, 0.3) is 10.1 Å². The number of nitrogens with zero attached hydrogens (tertiary/aromatic N) is 2. The van der Waals surface area contributed by atoms with Crippen molar-refractivity contribution >= 4 is 49.5 Å². The molecule has 0 fully saturated rings. The van der Waals surface area contributed by atoms with Crippen molar-refractivity contribution < 1.29 is 47.3 Å². The first kappa shape index (κ1) is 22.0. The number of anilines is 2. The summed E-state index contributed by atoms with van der Waals surface area (Å²) in [4.78, 5) is 10.8. The van der Waals surface area contributed by atoms with Gasteiger partial charge in [-0.1, -0.05) is 6.07 Å². The van der Waals surface area contributed by atoms with Crippen molar-refractivity contribution in [3.05, 3.63) is 54.6 Å². The summed E-state index contributed by atoms with van der Waals surface area (Å²) in [5.74, 6) is -0.165. The molecule has 0 unspecified atom stereocenters. The minimum atomic E-state index is -4.33. The molecule has 0 heterocycles. The molecule has 0 aliphatic rings. The zero-order valence-corrected chi connectivity index (χ0v) is 18.1. The minimum Gasteiger partial charge on any atom is -0.398 e. The number of azo groups is 1. The SMILES string of the molecule is CC(=O)Nc1ccc(N=Nc2ccc(N)c3cc(S(=O)(=O)O)ccc23)cc1.[Na+]. The number of nitrogens with one attached hydrogen (secondary N) is 1. The monoisotopic (exact) mass is 407 g/mol. The molecule has 28 heavy (non-hydrogen) atoms. The van der Waals surface area contributed by atoms with Gasteiger partial charge >= 0.3 is 29.6 Å². The van der Waals surface area contributed by atoms with E-state index in [4.69, 9.17) is 5.73 Å². The second kappa shape index (κ2) is 8.80. The predicted molar refractivity (Wildman–Crippen MR) is 103 cm³/mol. The van der Waals surface area contributed by atoms with Gasteiger partial charge in [0.05, 0.1) is 16.3 Å². The van der Waals surface area contributed by atoms with Crippen molar-refractivity contribution in [1.29, 1.82) is 0 Å². The van der Waals surface area contributed by atoms with Crippen LogP contribution in [0.2, 0.25) is 0 Å². The number of carbonyl (C=O) groups is 1. The van der Waals surface area contributed by atoms with E-state index < -0.39 is 10.1 Å². The fraction of sp³-hybridized carbons (Fsp3) is 0.0556. The second-order valence-electron chi connectivity index (χ2n) is 5.78. The van der Waals surface area contributed by atoms with Crippen LogP contribution >= 0.6 is 0 Å². The summed E-state index contributed by atoms with van der Waals surface area (Å²) >= 11 is 0. The first-order chi connectivity index (χ1) is 12.7. The topological polar surface area (TPSA) is 134 Å². The molecule has 0 atom stereocenters. The Morgan fingerprint density at radius 2 is 1.68 bits per heavy atom. The number of benzene rings is 3. The Balaban J connectivity index is 0.00000280. The van der Waals surface area contributed by atoms with E-state index in [1.165, 1.54) is 25.1 Å². The Labute approximate surface area is 183 Å². The third kappa shape index (κ3) is 5.15. The van der Waals surface area contributed by atoms with Crippen molar-refractivity contribution in [3.63, 3.8) is 0 Å². The summed E-state index contributed by atoms with van der Waals surface area (Å²) in [5, 5.41) is 12.1. The first-order valence-electron chi connectivity index (χ1n) is 7.83. The van der Waals surface area contributed by atoms with E-state index in [9.17, 15) is 17.8 Å². The van der Waals surface area contributed by atoms with Gasteiger partial charge in [0, 0.05) is 29.1 Å². The van der Waals surface area contributed by atoms with E-state index in [1.807, 2.05) is 0 Å². The molecule has 0 bridgehead atoms. The number of amides is 1. The summed E-state index contributed by atoms with van der Waals surface area (Å²) in [6.45, 7) is 1.42. The van der Waals surface area contributed by atoms with Crippen molar-refractivity contribution in [1.82, 2.24) is 0 Å². The summed E-state index contributed by atoms with van der Waals surface area (Å²) in [6.07, 6.45) is 0. The van der Waals surface area contributed by atoms with Crippen LogP contribution in [0.1, 0.15) is 6.92 Å². The van der Waals surface area contributed by atoms with E-state index in [1.54, 1.807) is 36.4 Å². The van der Waals surface area contributed by atoms with Gasteiger partial charge in [-0.05, 0) is 48.5 Å². The summed E-state index contributed by atoms with van der Waals surface area (Å²) in [6, 6.07) is 14.1. The normalized spacial score (nSPS) is 11.4. The van der Waals surface area contributed by atoms with Gasteiger partial charge in [-0.3, -0.25) is 9.35 Å². The molecule has 0 aliphatic heterocycles. The fourth-order valence-electron chi connectivity index (χ4n) is 2.51. The van der Waals surface area contributed by atoms with Gasteiger partial charge in [-0.15, -0.1) is 5.11 Å². The summed E-state index contributed by atoms with van der Waals surface area (Å²) in [5.41, 5.74) is 7.99. The molecule has 3 rings (SSSR count). The molecule has 138 valence electrons. The molecule has 0 radical (unpaired) electrons. The van der Waals surface area contributed by atoms with E-state index in [0.29, 0.717) is 33.5 Å². The Morgan fingerprint density at radius 1 is 1.00 bits per heavy atom. The molecule has 1 amide bonds. The van der Waals surface area contributed by atoms with E-state index >= 15 is 0 Å². The Bertz CT molecular complexity index is 1160. The summed E-state index contributed by atoms with van der Waals surface area (Å²) < 4.78 is 31.8. The number of hydrogen-bond donors (Lipinski definition) is 3. The number of fused-ring (bicyclic) bond motifs is 1.